The lowest BCUT2D eigenvalue weighted by Gasteiger charge is -2.36. The average molecular weight is 442 g/mol. The fourth-order valence-corrected chi connectivity index (χ4v) is 5.02. The number of nitrogens with zero attached hydrogens (tertiary/aromatic N) is 2. The Morgan fingerprint density at radius 3 is 2.64 bits per heavy atom. The summed E-state index contributed by atoms with van der Waals surface area (Å²) in [7, 11) is 3.86. The van der Waals surface area contributed by atoms with Crippen molar-refractivity contribution in [2.24, 2.45) is 11.8 Å². The molecular weight excluding hydrogens is 406 g/mol. The standard InChI is InChI=1S/C29H35N3O/c1-6-31(4)27-19-25(13-12-20(27)2)23-14-16-24(17-15-23)28-26(18-22-10-8-7-9-11-22)21(3)32(5)29(33)30-28/h6-11,13-14,19-20,24H,1,3,12,15-18H2,2,4-5H3,(H,30,33). The van der Waals surface area contributed by atoms with Gasteiger partial charge in [-0.25, -0.2) is 4.79 Å². The smallest absolute Gasteiger partial charge is 0.325 e. The first-order chi connectivity index (χ1) is 15.9. The Balaban J connectivity index is 1.59. The van der Waals surface area contributed by atoms with Gasteiger partial charge in [-0.3, -0.25) is 4.90 Å². The fourth-order valence-electron chi connectivity index (χ4n) is 5.02. The molecule has 3 aliphatic rings. The van der Waals surface area contributed by atoms with Crippen LogP contribution in [0, 0.1) is 11.8 Å². The molecule has 0 saturated heterocycles. The van der Waals surface area contributed by atoms with Gasteiger partial charge in [0.1, 0.15) is 0 Å². The van der Waals surface area contributed by atoms with Gasteiger partial charge in [0.05, 0.1) is 0 Å². The van der Waals surface area contributed by atoms with Gasteiger partial charge >= 0.3 is 6.03 Å². The third-order valence-corrected chi connectivity index (χ3v) is 7.22. The van der Waals surface area contributed by atoms with Gasteiger partial charge in [0, 0.05) is 43.5 Å². The number of rotatable bonds is 6. The van der Waals surface area contributed by atoms with Crippen LogP contribution in [0.2, 0.25) is 0 Å². The molecule has 2 atom stereocenters. The lowest BCUT2D eigenvalue weighted by molar-refractivity contribution is 0.217. The van der Waals surface area contributed by atoms with Crippen LogP contribution in [0.5, 0.6) is 0 Å². The summed E-state index contributed by atoms with van der Waals surface area (Å²) in [5.41, 5.74) is 8.30. The minimum Gasteiger partial charge on any atom is -0.355 e. The summed E-state index contributed by atoms with van der Waals surface area (Å²) >= 11 is 0. The molecular formula is C29H35N3O. The SMILES string of the molecule is C=CN(C)C1=CC(C2=CCC(C3=C(Cc4ccccc4)C(=C)N(C)C(=O)N3)CC2)=CCC1C. The summed E-state index contributed by atoms with van der Waals surface area (Å²) in [4.78, 5) is 16.4. The van der Waals surface area contributed by atoms with Crippen LogP contribution in [0.15, 0.2) is 102 Å². The number of urea groups is 1. The number of nitrogens with one attached hydrogen (secondary N) is 1. The van der Waals surface area contributed by atoms with Crippen molar-refractivity contribution in [3.05, 3.63) is 107 Å². The van der Waals surface area contributed by atoms with E-state index in [0.29, 0.717) is 11.8 Å². The van der Waals surface area contributed by atoms with Crippen LogP contribution >= 0.6 is 0 Å². The average Bonchev–Trinajstić information content (AvgIpc) is 2.85. The first-order valence-corrected chi connectivity index (χ1v) is 11.9. The monoisotopic (exact) mass is 441 g/mol. The normalized spacial score (nSPS) is 23.5. The van der Waals surface area contributed by atoms with E-state index in [2.05, 4.69) is 79.8 Å². The fraction of sp³-hybridized carbons (Fsp3) is 0.345. The van der Waals surface area contributed by atoms with Crippen LogP contribution in [0.25, 0.3) is 0 Å². The van der Waals surface area contributed by atoms with Crippen LogP contribution in [-0.4, -0.2) is 29.9 Å². The highest BCUT2D eigenvalue weighted by molar-refractivity contribution is 5.81. The molecule has 0 spiro atoms. The molecule has 33 heavy (non-hydrogen) atoms. The summed E-state index contributed by atoms with van der Waals surface area (Å²) in [6.45, 7) is 10.4. The van der Waals surface area contributed by atoms with Crippen LogP contribution < -0.4 is 5.32 Å². The van der Waals surface area contributed by atoms with E-state index in [1.54, 1.807) is 11.9 Å². The molecule has 2 aliphatic carbocycles. The van der Waals surface area contributed by atoms with Crippen LogP contribution in [-0.2, 0) is 6.42 Å². The van der Waals surface area contributed by atoms with E-state index in [-0.39, 0.29) is 6.03 Å². The Morgan fingerprint density at radius 1 is 1.21 bits per heavy atom. The zero-order chi connectivity index (χ0) is 23.5. The minimum absolute atomic E-state index is 0.0920. The molecule has 4 heteroatoms. The van der Waals surface area contributed by atoms with Gasteiger partial charge in [-0.2, -0.15) is 0 Å². The second kappa shape index (κ2) is 9.70. The predicted molar refractivity (Wildman–Crippen MR) is 136 cm³/mol. The topological polar surface area (TPSA) is 35.6 Å². The Labute approximate surface area is 198 Å². The number of hydrogen-bond donors (Lipinski definition) is 1. The van der Waals surface area contributed by atoms with Crippen molar-refractivity contribution in [2.45, 2.75) is 39.0 Å². The molecule has 0 fully saturated rings. The van der Waals surface area contributed by atoms with Gasteiger partial charge in [0.2, 0.25) is 0 Å². The number of hydrogen-bond acceptors (Lipinski definition) is 2. The van der Waals surface area contributed by atoms with Gasteiger partial charge in [-0.1, -0.05) is 62.6 Å². The molecule has 4 nitrogen and oxygen atoms in total. The number of allylic oxidation sites excluding steroid dienone is 8. The maximum Gasteiger partial charge on any atom is 0.325 e. The number of benzene rings is 1. The molecule has 0 bridgehead atoms. The van der Waals surface area contributed by atoms with Crippen LogP contribution in [0.4, 0.5) is 4.79 Å². The van der Waals surface area contributed by atoms with Gasteiger partial charge in [-0.15, -0.1) is 0 Å². The lowest BCUT2D eigenvalue weighted by Crippen LogP contribution is -2.44. The highest BCUT2D eigenvalue weighted by atomic mass is 16.2. The molecule has 1 N–H and O–H groups in total. The van der Waals surface area contributed by atoms with Gasteiger partial charge in [0.25, 0.3) is 0 Å². The van der Waals surface area contributed by atoms with Gasteiger partial charge in [-0.05, 0) is 66.2 Å². The highest BCUT2D eigenvalue weighted by Gasteiger charge is 2.31. The maximum absolute atomic E-state index is 12.6. The Hall–Kier alpha value is -3.27. The molecule has 0 saturated carbocycles. The van der Waals surface area contributed by atoms with E-state index in [0.717, 1.165) is 49.1 Å². The summed E-state index contributed by atoms with van der Waals surface area (Å²) < 4.78 is 0. The molecule has 1 aromatic rings. The summed E-state index contributed by atoms with van der Waals surface area (Å²) in [6.07, 6.45) is 13.7. The largest absolute Gasteiger partial charge is 0.355 e. The summed E-state index contributed by atoms with van der Waals surface area (Å²) in [6, 6.07) is 10.3. The van der Waals surface area contributed by atoms with Crippen molar-refractivity contribution in [2.75, 3.05) is 14.1 Å². The number of amides is 2. The van der Waals surface area contributed by atoms with E-state index in [1.807, 2.05) is 12.3 Å². The minimum atomic E-state index is -0.0920. The van der Waals surface area contributed by atoms with Crippen LogP contribution in [0.1, 0.15) is 38.2 Å². The quantitative estimate of drug-likeness (QED) is 0.562. The van der Waals surface area contributed by atoms with E-state index in [4.69, 9.17) is 0 Å². The summed E-state index contributed by atoms with van der Waals surface area (Å²) in [5, 5.41) is 3.20. The molecule has 2 amide bonds. The zero-order valence-electron chi connectivity index (χ0n) is 20.1. The van der Waals surface area contributed by atoms with E-state index in [1.165, 1.54) is 22.4 Å². The molecule has 1 aliphatic heterocycles. The van der Waals surface area contributed by atoms with Crippen molar-refractivity contribution in [1.29, 1.82) is 0 Å². The predicted octanol–water partition coefficient (Wildman–Crippen LogP) is 6.30. The van der Waals surface area contributed by atoms with Crippen molar-refractivity contribution in [1.82, 2.24) is 15.1 Å². The van der Waals surface area contributed by atoms with Crippen molar-refractivity contribution >= 4 is 6.03 Å². The van der Waals surface area contributed by atoms with Gasteiger partial charge in [0.15, 0.2) is 0 Å². The molecule has 2 unspecified atom stereocenters. The molecule has 1 aromatic carbocycles. The van der Waals surface area contributed by atoms with Crippen LogP contribution in [0.3, 0.4) is 0 Å². The first kappa shape index (κ1) is 22.9. The van der Waals surface area contributed by atoms with Crippen molar-refractivity contribution < 1.29 is 4.79 Å². The first-order valence-electron chi connectivity index (χ1n) is 11.9. The lowest BCUT2D eigenvalue weighted by atomic mass is 9.80. The van der Waals surface area contributed by atoms with E-state index >= 15 is 0 Å². The van der Waals surface area contributed by atoms with Crippen molar-refractivity contribution in [3.8, 4) is 0 Å². The maximum atomic E-state index is 12.6. The second-order valence-corrected chi connectivity index (χ2v) is 9.35. The molecule has 172 valence electrons. The third kappa shape index (κ3) is 4.75. The zero-order valence-corrected chi connectivity index (χ0v) is 20.1. The Bertz CT molecular complexity index is 1070. The second-order valence-electron chi connectivity index (χ2n) is 9.35. The number of carbonyl (C=O) groups excluding carboxylic acids is 1. The molecule has 0 aromatic heterocycles. The summed E-state index contributed by atoms with van der Waals surface area (Å²) in [5.74, 6) is 0.795. The number of carbonyl (C=O) groups is 1. The van der Waals surface area contributed by atoms with E-state index < -0.39 is 0 Å². The molecule has 0 radical (unpaired) electrons. The van der Waals surface area contributed by atoms with Gasteiger partial charge < -0.3 is 10.2 Å². The highest BCUT2D eigenvalue weighted by Crippen LogP contribution is 2.38. The van der Waals surface area contributed by atoms with E-state index in [9.17, 15) is 4.79 Å². The molecule has 4 rings (SSSR count). The Morgan fingerprint density at radius 2 is 1.97 bits per heavy atom. The molecule has 1 heterocycles. The Kier molecular flexibility index (Phi) is 6.73. The number of likely N-dealkylation sites (N-methyl/N-ethyl adjacent to an activating group) is 1. The van der Waals surface area contributed by atoms with Crippen molar-refractivity contribution in [3.63, 3.8) is 0 Å². The third-order valence-electron chi connectivity index (χ3n) is 7.22.